The van der Waals surface area contributed by atoms with Crippen molar-refractivity contribution in [1.29, 1.82) is 0 Å². The molecule has 11 heavy (non-hydrogen) atoms. The van der Waals surface area contributed by atoms with Crippen molar-refractivity contribution in [1.82, 2.24) is 0 Å². The highest BCUT2D eigenvalue weighted by Crippen LogP contribution is 2.18. The predicted molar refractivity (Wildman–Crippen MR) is 47.9 cm³/mol. The van der Waals surface area contributed by atoms with Crippen LogP contribution in [-0.2, 0) is 0 Å². The van der Waals surface area contributed by atoms with Gasteiger partial charge in [-0.3, -0.25) is 0 Å². The topological polar surface area (TPSA) is 3.24 Å². The molecule has 0 aromatic heterocycles. The molecule has 0 radical (unpaired) electrons. The van der Waals surface area contributed by atoms with Gasteiger partial charge in [0, 0.05) is 20.1 Å². The molecular weight excluding hydrogens is 134 g/mol. The summed E-state index contributed by atoms with van der Waals surface area (Å²) in [6.07, 6.45) is 1.12. The zero-order valence-electron chi connectivity index (χ0n) is 7.53. The quantitative estimate of drug-likeness (QED) is 0.590. The van der Waals surface area contributed by atoms with Crippen molar-refractivity contribution in [2.24, 2.45) is 0 Å². The van der Waals surface area contributed by atoms with Gasteiger partial charge in [0.25, 0.3) is 0 Å². The van der Waals surface area contributed by atoms with Crippen LogP contribution < -0.4 is 4.90 Å². The Morgan fingerprint density at radius 3 is 2.64 bits per heavy atom. The van der Waals surface area contributed by atoms with E-state index in [0.29, 0.717) is 0 Å². The minimum Gasteiger partial charge on any atom is -0.372 e. The van der Waals surface area contributed by atoms with E-state index in [1.54, 1.807) is 0 Å². The lowest BCUT2D eigenvalue weighted by Gasteiger charge is -2.16. The molecule has 1 aliphatic heterocycles. The summed E-state index contributed by atoms with van der Waals surface area (Å²) in [6.45, 7) is 1.93. The third-order valence-electron chi connectivity index (χ3n) is 2.07. The van der Waals surface area contributed by atoms with Crippen LogP contribution in [0.4, 0.5) is 5.69 Å². The van der Waals surface area contributed by atoms with E-state index in [-0.39, 0.29) is 6.40 Å². The van der Waals surface area contributed by atoms with Crippen molar-refractivity contribution < 1.29 is 1.37 Å². The van der Waals surface area contributed by atoms with Crippen LogP contribution in [0.15, 0.2) is 30.3 Å². The van der Waals surface area contributed by atoms with E-state index in [9.17, 15) is 0 Å². The first-order valence-electron chi connectivity index (χ1n) is 4.66. The predicted octanol–water partition coefficient (Wildman–Crippen LogP) is 2.29. The minimum atomic E-state index is 0.116. The molecule has 58 valence electrons. The third kappa shape index (κ3) is 1.37. The summed E-state index contributed by atoms with van der Waals surface area (Å²) >= 11 is 0. The molecule has 0 amide bonds. The lowest BCUT2D eigenvalue weighted by Crippen LogP contribution is -2.16. The van der Waals surface area contributed by atoms with Crippen molar-refractivity contribution >= 4 is 5.69 Å². The highest BCUT2D eigenvalue weighted by atomic mass is 15.1. The van der Waals surface area contributed by atoms with Crippen molar-refractivity contribution in [3.63, 3.8) is 0 Å². The average Bonchev–Trinajstić information content (AvgIpc) is 2.54. The molecule has 1 nitrogen and oxygen atoms in total. The Hall–Kier alpha value is -0.980. The second-order valence-corrected chi connectivity index (χ2v) is 2.86. The van der Waals surface area contributed by atoms with Gasteiger partial charge in [0.1, 0.15) is 0 Å². The number of rotatable bonds is 1. The Balaban J connectivity index is 2.11. The molecule has 1 unspecified atom stereocenters. The van der Waals surface area contributed by atoms with Crippen LogP contribution in [0.5, 0.6) is 0 Å². The van der Waals surface area contributed by atoms with Gasteiger partial charge in [0.15, 0.2) is 0 Å². The van der Waals surface area contributed by atoms with Gasteiger partial charge in [-0.15, -0.1) is 0 Å². The number of benzene rings is 1. The molecule has 0 N–H and O–H groups in total. The van der Waals surface area contributed by atoms with E-state index >= 15 is 0 Å². The zero-order chi connectivity index (χ0) is 8.39. The summed E-state index contributed by atoms with van der Waals surface area (Å²) in [4.78, 5) is 2.28. The van der Waals surface area contributed by atoms with Gasteiger partial charge < -0.3 is 4.90 Å². The lowest BCUT2D eigenvalue weighted by molar-refractivity contribution is 0.949. The van der Waals surface area contributed by atoms with Gasteiger partial charge in [0.05, 0.1) is 0 Å². The van der Waals surface area contributed by atoms with Gasteiger partial charge in [-0.05, 0) is 25.0 Å². The molecule has 2 rings (SSSR count). The Bertz CT molecular complexity index is 247. The molecule has 0 spiro atoms. The first-order valence-corrected chi connectivity index (χ1v) is 4.08. The summed E-state index contributed by atoms with van der Waals surface area (Å²) in [6, 6.07) is 10.3. The zero-order valence-corrected chi connectivity index (χ0v) is 6.53. The van der Waals surface area contributed by atoms with E-state index in [4.69, 9.17) is 1.37 Å². The van der Waals surface area contributed by atoms with Gasteiger partial charge in [0.2, 0.25) is 0 Å². The van der Waals surface area contributed by atoms with E-state index in [0.717, 1.165) is 19.5 Å². The fourth-order valence-corrected chi connectivity index (χ4v) is 1.46. The molecule has 1 aromatic carbocycles. The van der Waals surface area contributed by atoms with Crippen molar-refractivity contribution in [2.75, 3.05) is 18.0 Å². The molecule has 0 aliphatic carbocycles. The molecule has 1 aromatic rings. The van der Waals surface area contributed by atoms with E-state index in [1.165, 1.54) is 5.69 Å². The summed E-state index contributed by atoms with van der Waals surface area (Å²) in [5.74, 6) is 0. The lowest BCUT2D eigenvalue weighted by atomic mass is 10.3. The number of para-hydroxylation sites is 1. The maximum atomic E-state index is 7.57. The Morgan fingerprint density at radius 1 is 1.18 bits per heavy atom. The molecule has 0 bridgehead atoms. The molecule has 1 heteroatoms. The second-order valence-electron chi connectivity index (χ2n) is 2.86. The molecule has 1 atom stereocenters. The number of anilines is 1. The normalized spacial score (nSPS) is 25.3. The first-order chi connectivity index (χ1) is 5.86. The molecule has 1 aliphatic rings. The standard InChI is InChI=1S/C10H13N/c1-2-6-10(7-3-1)11-8-4-5-9-11/h1-3,6-7H,4-5,8-9H2/i4D. The SMILES string of the molecule is [2H]C1CCN(c2ccccc2)C1. The molecule has 0 saturated carbocycles. The fraction of sp³-hybridized carbons (Fsp3) is 0.400. The minimum absolute atomic E-state index is 0.116. The summed E-state index contributed by atoms with van der Waals surface area (Å²) < 4.78 is 7.57. The molecular formula is C10H13N. The van der Waals surface area contributed by atoms with E-state index in [2.05, 4.69) is 17.0 Å². The van der Waals surface area contributed by atoms with Crippen LogP contribution in [0.2, 0.25) is 0 Å². The average molecular weight is 148 g/mol. The maximum absolute atomic E-state index is 7.57. The molecule has 1 fully saturated rings. The van der Waals surface area contributed by atoms with Crippen molar-refractivity contribution in [3.8, 4) is 0 Å². The fourth-order valence-electron chi connectivity index (χ4n) is 1.46. The monoisotopic (exact) mass is 148 g/mol. The smallest absolute Gasteiger partial charge is 0.0366 e. The van der Waals surface area contributed by atoms with Crippen LogP contribution in [0.25, 0.3) is 0 Å². The maximum Gasteiger partial charge on any atom is 0.0366 e. The highest BCUT2D eigenvalue weighted by molar-refractivity contribution is 5.46. The van der Waals surface area contributed by atoms with Crippen LogP contribution in [0.3, 0.4) is 0 Å². The number of nitrogens with zero attached hydrogens (tertiary/aromatic N) is 1. The van der Waals surface area contributed by atoms with Gasteiger partial charge in [-0.25, -0.2) is 0 Å². The van der Waals surface area contributed by atoms with Crippen LogP contribution in [0, 0.1) is 0 Å². The van der Waals surface area contributed by atoms with E-state index in [1.807, 2.05) is 18.2 Å². The Labute approximate surface area is 69.1 Å². The van der Waals surface area contributed by atoms with Crippen molar-refractivity contribution in [3.05, 3.63) is 30.3 Å². The first kappa shape index (κ1) is 5.64. The summed E-state index contributed by atoms with van der Waals surface area (Å²) in [5, 5.41) is 0. The number of hydrogen-bond donors (Lipinski definition) is 0. The molecule has 1 heterocycles. The second kappa shape index (κ2) is 2.95. The van der Waals surface area contributed by atoms with Crippen LogP contribution in [-0.4, -0.2) is 13.1 Å². The largest absolute Gasteiger partial charge is 0.372 e. The van der Waals surface area contributed by atoms with Gasteiger partial charge in [-0.1, -0.05) is 18.2 Å². The van der Waals surface area contributed by atoms with Crippen LogP contribution in [0.1, 0.15) is 14.2 Å². The third-order valence-corrected chi connectivity index (χ3v) is 2.07. The Morgan fingerprint density at radius 2 is 2.00 bits per heavy atom. The summed E-state index contributed by atoms with van der Waals surface area (Å²) in [7, 11) is 0. The number of hydrogen-bond acceptors (Lipinski definition) is 1. The van der Waals surface area contributed by atoms with E-state index < -0.39 is 0 Å². The van der Waals surface area contributed by atoms with Crippen LogP contribution >= 0.6 is 0 Å². The van der Waals surface area contributed by atoms with Gasteiger partial charge >= 0.3 is 0 Å². The Kier molecular flexibility index (Phi) is 1.51. The molecule has 1 saturated heterocycles. The van der Waals surface area contributed by atoms with Gasteiger partial charge in [-0.2, -0.15) is 0 Å². The highest BCUT2D eigenvalue weighted by Gasteiger charge is 2.10. The van der Waals surface area contributed by atoms with Crippen molar-refractivity contribution in [2.45, 2.75) is 12.8 Å². The summed E-state index contributed by atoms with van der Waals surface area (Å²) in [5.41, 5.74) is 1.26.